The second kappa shape index (κ2) is 5.52. The molecule has 0 aliphatic heterocycles. The van der Waals surface area contributed by atoms with E-state index < -0.39 is 12.8 Å². The Morgan fingerprint density at radius 3 is 2.67 bits per heavy atom. The fourth-order valence-corrected chi connectivity index (χ4v) is 2.92. The van der Waals surface area contributed by atoms with E-state index in [-0.39, 0.29) is 11.4 Å². The van der Waals surface area contributed by atoms with Crippen LogP contribution in [0.5, 0.6) is 0 Å². The van der Waals surface area contributed by atoms with E-state index >= 15 is 0 Å². The molecule has 15 heavy (non-hydrogen) atoms. The minimum absolute atomic E-state index is 0.0558. The maximum absolute atomic E-state index is 11.8. The molecule has 1 rings (SSSR count). The summed E-state index contributed by atoms with van der Waals surface area (Å²) in [5.74, 6) is 0. The molecule has 0 aliphatic carbocycles. The van der Waals surface area contributed by atoms with Crippen molar-refractivity contribution in [3.63, 3.8) is 0 Å². The van der Waals surface area contributed by atoms with Gasteiger partial charge in [-0.15, -0.1) is 11.3 Å². The molecule has 1 unspecified atom stereocenters. The summed E-state index contributed by atoms with van der Waals surface area (Å²) in [6.45, 7) is -1.29. The van der Waals surface area contributed by atoms with Gasteiger partial charge >= 0.3 is 6.18 Å². The van der Waals surface area contributed by atoms with E-state index in [1.165, 1.54) is 11.3 Å². The molecular weight excluding hydrogens is 317 g/mol. The summed E-state index contributed by atoms with van der Waals surface area (Å²) in [7, 11) is 0. The lowest BCUT2D eigenvalue weighted by Gasteiger charge is -2.11. The molecule has 0 N–H and O–H groups in total. The molecule has 0 fully saturated rings. The summed E-state index contributed by atoms with van der Waals surface area (Å²) < 4.78 is 39.8. The molecule has 0 amide bonds. The van der Waals surface area contributed by atoms with Gasteiger partial charge < -0.3 is 4.74 Å². The zero-order valence-electron chi connectivity index (χ0n) is 7.35. The first kappa shape index (κ1) is 13.3. The van der Waals surface area contributed by atoms with Crippen LogP contribution >= 0.6 is 38.9 Å². The van der Waals surface area contributed by atoms with Gasteiger partial charge in [0.15, 0.2) is 0 Å². The molecule has 1 aromatic rings. The van der Waals surface area contributed by atoms with E-state index in [9.17, 15) is 13.2 Å². The molecule has 1 heterocycles. The Bertz CT molecular complexity index is 315. The minimum atomic E-state index is -4.29. The van der Waals surface area contributed by atoms with E-state index in [2.05, 4.69) is 20.7 Å². The largest absolute Gasteiger partial charge is 0.411 e. The van der Waals surface area contributed by atoms with Crippen LogP contribution < -0.4 is 0 Å². The lowest BCUT2D eigenvalue weighted by molar-refractivity contribution is -0.173. The first-order chi connectivity index (χ1) is 6.90. The van der Waals surface area contributed by atoms with Crippen LogP contribution in [0.2, 0.25) is 5.02 Å². The van der Waals surface area contributed by atoms with E-state index in [4.69, 9.17) is 11.6 Å². The van der Waals surface area contributed by atoms with Crippen LogP contribution in [-0.4, -0.2) is 19.4 Å². The second-order valence-corrected chi connectivity index (χ2v) is 5.19. The zero-order chi connectivity index (χ0) is 11.5. The third kappa shape index (κ3) is 4.72. The monoisotopic (exact) mass is 322 g/mol. The van der Waals surface area contributed by atoms with E-state index in [1.807, 2.05) is 0 Å². The molecule has 0 saturated carbocycles. The van der Waals surface area contributed by atoms with Crippen molar-refractivity contribution in [2.45, 2.75) is 11.0 Å². The van der Waals surface area contributed by atoms with Crippen molar-refractivity contribution in [3.05, 3.63) is 21.3 Å². The predicted molar refractivity (Wildman–Crippen MR) is 57.9 cm³/mol. The Kier molecular flexibility index (Phi) is 4.89. The molecule has 0 aromatic carbocycles. The topological polar surface area (TPSA) is 9.23 Å². The molecule has 1 nitrogen and oxygen atoms in total. The SMILES string of the molecule is FC(F)(F)COCC(Br)c1sccc1Cl. The minimum Gasteiger partial charge on any atom is -0.370 e. The van der Waals surface area contributed by atoms with Crippen LogP contribution in [0.1, 0.15) is 9.70 Å². The number of rotatable bonds is 4. The van der Waals surface area contributed by atoms with Gasteiger partial charge in [0.1, 0.15) is 6.61 Å². The van der Waals surface area contributed by atoms with Gasteiger partial charge in [0.2, 0.25) is 0 Å². The molecule has 0 spiro atoms. The summed E-state index contributed by atoms with van der Waals surface area (Å²) in [5, 5.41) is 2.31. The van der Waals surface area contributed by atoms with Crippen LogP contribution in [0.4, 0.5) is 13.2 Å². The van der Waals surface area contributed by atoms with Gasteiger partial charge in [0.05, 0.1) is 16.5 Å². The lowest BCUT2D eigenvalue weighted by atomic mass is 10.3. The molecule has 7 heteroatoms. The maximum Gasteiger partial charge on any atom is 0.411 e. The average molecular weight is 324 g/mol. The van der Waals surface area contributed by atoms with E-state index in [0.29, 0.717) is 5.02 Å². The molecule has 0 bridgehead atoms. The van der Waals surface area contributed by atoms with Crippen LogP contribution in [0.25, 0.3) is 0 Å². The number of ether oxygens (including phenoxy) is 1. The van der Waals surface area contributed by atoms with Gasteiger partial charge in [0, 0.05) is 4.88 Å². The third-order valence-corrected chi connectivity index (χ3v) is 3.96. The number of thiophene rings is 1. The fourth-order valence-electron chi connectivity index (χ4n) is 0.883. The molecule has 86 valence electrons. The van der Waals surface area contributed by atoms with Crippen molar-refractivity contribution in [2.24, 2.45) is 0 Å². The van der Waals surface area contributed by atoms with Gasteiger partial charge in [-0.05, 0) is 11.4 Å². The highest BCUT2D eigenvalue weighted by atomic mass is 79.9. The third-order valence-electron chi connectivity index (χ3n) is 1.46. The summed E-state index contributed by atoms with van der Waals surface area (Å²) in [6, 6.07) is 1.69. The molecular formula is C8H7BrClF3OS. The normalized spacial score (nSPS) is 14.2. The van der Waals surface area contributed by atoms with Gasteiger partial charge in [0.25, 0.3) is 0 Å². The second-order valence-electron chi connectivity index (χ2n) is 2.73. The summed E-state index contributed by atoms with van der Waals surface area (Å²) in [6.07, 6.45) is -4.29. The number of hydrogen-bond donors (Lipinski definition) is 0. The van der Waals surface area contributed by atoms with Crippen molar-refractivity contribution in [3.8, 4) is 0 Å². The molecule has 1 atom stereocenters. The summed E-state index contributed by atoms with van der Waals surface area (Å²) in [5.41, 5.74) is 0. The van der Waals surface area contributed by atoms with Crippen LogP contribution in [0.15, 0.2) is 11.4 Å². The van der Waals surface area contributed by atoms with Gasteiger partial charge in [-0.25, -0.2) is 0 Å². The van der Waals surface area contributed by atoms with Gasteiger partial charge in [-0.1, -0.05) is 27.5 Å². The standard InChI is InChI=1S/C8H7BrClF3OS/c9-5(3-14-4-8(11,12)13)7-6(10)1-2-15-7/h1-2,5H,3-4H2. The highest BCUT2D eigenvalue weighted by Crippen LogP contribution is 2.34. The lowest BCUT2D eigenvalue weighted by Crippen LogP contribution is -2.18. The van der Waals surface area contributed by atoms with Crippen molar-refractivity contribution < 1.29 is 17.9 Å². The molecule has 0 saturated heterocycles. The quantitative estimate of drug-likeness (QED) is 0.746. The van der Waals surface area contributed by atoms with E-state index in [1.54, 1.807) is 11.4 Å². The fraction of sp³-hybridized carbons (Fsp3) is 0.500. The highest BCUT2D eigenvalue weighted by Gasteiger charge is 2.28. The molecule has 0 aliphatic rings. The Balaban J connectivity index is 2.37. The number of hydrogen-bond acceptors (Lipinski definition) is 2. The Morgan fingerprint density at radius 2 is 2.20 bits per heavy atom. The first-order valence-electron chi connectivity index (χ1n) is 3.91. The Morgan fingerprint density at radius 1 is 1.53 bits per heavy atom. The predicted octanol–water partition coefficient (Wildman–Crippen LogP) is 4.42. The number of alkyl halides is 4. The highest BCUT2D eigenvalue weighted by molar-refractivity contribution is 9.09. The first-order valence-corrected chi connectivity index (χ1v) is 6.09. The number of halogens is 5. The van der Waals surface area contributed by atoms with Crippen molar-refractivity contribution in [2.75, 3.05) is 13.2 Å². The van der Waals surface area contributed by atoms with Crippen molar-refractivity contribution in [1.29, 1.82) is 0 Å². The van der Waals surface area contributed by atoms with Crippen LogP contribution in [0, 0.1) is 0 Å². The molecule has 1 aromatic heterocycles. The van der Waals surface area contributed by atoms with Crippen molar-refractivity contribution >= 4 is 38.9 Å². The van der Waals surface area contributed by atoms with Gasteiger partial charge in [-0.2, -0.15) is 13.2 Å². The average Bonchev–Trinajstić information content (AvgIpc) is 2.48. The Labute approximate surface area is 102 Å². The van der Waals surface area contributed by atoms with Gasteiger partial charge in [-0.3, -0.25) is 0 Å². The van der Waals surface area contributed by atoms with Crippen LogP contribution in [-0.2, 0) is 4.74 Å². The molecule has 0 radical (unpaired) electrons. The smallest absolute Gasteiger partial charge is 0.370 e. The summed E-state index contributed by atoms with van der Waals surface area (Å²) in [4.78, 5) is 0.478. The maximum atomic E-state index is 11.8. The zero-order valence-corrected chi connectivity index (χ0v) is 10.5. The van der Waals surface area contributed by atoms with E-state index in [0.717, 1.165) is 4.88 Å². The van der Waals surface area contributed by atoms with Crippen LogP contribution in [0.3, 0.4) is 0 Å². The summed E-state index contributed by atoms with van der Waals surface area (Å²) >= 11 is 10.4. The van der Waals surface area contributed by atoms with Crippen molar-refractivity contribution in [1.82, 2.24) is 0 Å². The Hall–Kier alpha value is 0.220.